The molecule has 0 aliphatic rings. The van der Waals surface area contributed by atoms with E-state index in [1.54, 1.807) is 59.2 Å². The summed E-state index contributed by atoms with van der Waals surface area (Å²) < 4.78 is 17.9. The highest BCUT2D eigenvalue weighted by Gasteiger charge is 2.29. The summed E-state index contributed by atoms with van der Waals surface area (Å²) in [6.45, 7) is 3.84. The molecule has 2 aromatic carbocycles. The van der Waals surface area contributed by atoms with E-state index in [0.29, 0.717) is 39.7 Å². The third-order valence-corrected chi connectivity index (χ3v) is 4.98. The summed E-state index contributed by atoms with van der Waals surface area (Å²) in [7, 11) is 1.21. The zero-order chi connectivity index (χ0) is 24.4. The molecule has 34 heavy (non-hydrogen) atoms. The molecule has 0 fully saturated rings. The van der Waals surface area contributed by atoms with Crippen molar-refractivity contribution in [3.05, 3.63) is 72.1 Å². The molecule has 0 aliphatic carbocycles. The van der Waals surface area contributed by atoms with Crippen molar-refractivity contribution < 1.29 is 28.9 Å². The molecule has 0 bridgehead atoms. The predicted molar refractivity (Wildman–Crippen MR) is 126 cm³/mol. The van der Waals surface area contributed by atoms with Crippen LogP contribution in [0, 0.1) is 0 Å². The van der Waals surface area contributed by atoms with Crippen LogP contribution in [0.3, 0.4) is 0 Å². The van der Waals surface area contributed by atoms with Crippen LogP contribution in [0.1, 0.15) is 34.7 Å². The van der Waals surface area contributed by atoms with Crippen LogP contribution in [0.15, 0.2) is 60.8 Å². The Morgan fingerprint density at radius 1 is 1.03 bits per heavy atom. The van der Waals surface area contributed by atoms with Gasteiger partial charge in [-0.15, -0.1) is 0 Å². The summed E-state index contributed by atoms with van der Waals surface area (Å²) in [5.74, 6) is -0.759. The number of nitrogens with zero attached hydrogens (tertiary/aromatic N) is 2. The predicted octanol–water partition coefficient (Wildman–Crippen LogP) is 4.67. The minimum absolute atomic E-state index is 0.00327. The lowest BCUT2D eigenvalue weighted by Gasteiger charge is -2.13. The number of esters is 1. The summed E-state index contributed by atoms with van der Waals surface area (Å²) in [5, 5.41) is 10.3. The Morgan fingerprint density at radius 3 is 2.32 bits per heavy atom. The molecule has 0 aliphatic heterocycles. The first-order valence-electron chi connectivity index (χ1n) is 10.4. The van der Waals surface area contributed by atoms with Gasteiger partial charge in [0.15, 0.2) is 0 Å². The van der Waals surface area contributed by atoms with Crippen molar-refractivity contribution in [2.75, 3.05) is 12.8 Å². The maximum Gasteiger partial charge on any atom is 0.355 e. The molecule has 9 nitrogen and oxygen atoms in total. The Bertz CT molecular complexity index is 1360. The van der Waals surface area contributed by atoms with Crippen LogP contribution in [0.25, 0.3) is 16.6 Å². The van der Waals surface area contributed by atoms with Gasteiger partial charge in [-0.05, 0) is 62.4 Å². The van der Waals surface area contributed by atoms with E-state index in [0.717, 1.165) is 0 Å². The number of anilines is 1. The summed E-state index contributed by atoms with van der Waals surface area (Å²) in [4.78, 5) is 29.1. The number of carboxylic acids is 1. The molecule has 0 spiro atoms. The van der Waals surface area contributed by atoms with E-state index < -0.39 is 11.9 Å². The highest BCUT2D eigenvalue weighted by Crippen LogP contribution is 2.34. The number of pyridine rings is 1. The zero-order valence-electron chi connectivity index (χ0n) is 18.8. The van der Waals surface area contributed by atoms with Gasteiger partial charge in [-0.2, -0.15) is 0 Å². The lowest BCUT2D eigenvalue weighted by molar-refractivity contribution is 0.0575. The Kier molecular flexibility index (Phi) is 6.09. The number of aromatic nitrogens is 2. The topological polar surface area (TPSA) is 126 Å². The highest BCUT2D eigenvalue weighted by molar-refractivity contribution is 6.13. The quantitative estimate of drug-likeness (QED) is 0.380. The van der Waals surface area contributed by atoms with E-state index in [1.807, 2.05) is 13.8 Å². The summed E-state index contributed by atoms with van der Waals surface area (Å²) >= 11 is 0. The third-order valence-electron chi connectivity index (χ3n) is 4.98. The number of methoxy groups -OCH3 is 1. The van der Waals surface area contributed by atoms with Gasteiger partial charge in [0.25, 0.3) is 0 Å². The molecule has 0 amide bonds. The molecule has 2 heterocycles. The van der Waals surface area contributed by atoms with Gasteiger partial charge in [-0.3, -0.25) is 0 Å². The number of rotatable bonds is 7. The smallest absolute Gasteiger partial charge is 0.355 e. The molecule has 174 valence electrons. The van der Waals surface area contributed by atoms with Gasteiger partial charge < -0.3 is 29.6 Å². The zero-order valence-corrected chi connectivity index (χ0v) is 18.8. The average Bonchev–Trinajstić information content (AvgIpc) is 3.15. The minimum atomic E-state index is -1.27. The molecule has 0 radical (unpaired) electrons. The first-order valence-corrected chi connectivity index (χ1v) is 10.4. The molecule has 0 saturated carbocycles. The third kappa shape index (κ3) is 4.36. The van der Waals surface area contributed by atoms with Gasteiger partial charge in [-0.25, -0.2) is 14.6 Å². The first kappa shape index (κ1) is 22.7. The highest BCUT2D eigenvalue weighted by atomic mass is 16.5. The van der Waals surface area contributed by atoms with E-state index in [2.05, 4.69) is 4.98 Å². The van der Waals surface area contributed by atoms with Gasteiger partial charge in [0.2, 0.25) is 5.88 Å². The van der Waals surface area contributed by atoms with Crippen molar-refractivity contribution in [3.63, 3.8) is 0 Å². The number of hydrogen-bond donors (Lipinski definition) is 2. The SMILES string of the molecule is COC(=O)c1c(C(=O)O)c2cc(Oc3ccc(N)cn3)ccc2n1-c1ccc(OC(C)C)cc1. The average molecular weight is 461 g/mol. The summed E-state index contributed by atoms with van der Waals surface area (Å²) in [6, 6.07) is 15.1. The lowest BCUT2D eigenvalue weighted by Crippen LogP contribution is -2.14. The van der Waals surface area contributed by atoms with E-state index in [-0.39, 0.29) is 17.4 Å². The van der Waals surface area contributed by atoms with Gasteiger partial charge in [0.05, 0.1) is 30.6 Å². The molecule has 4 aromatic rings. The molecule has 4 rings (SSSR count). The number of nitrogens with two attached hydrogens (primary N) is 1. The second-order valence-electron chi connectivity index (χ2n) is 7.73. The van der Waals surface area contributed by atoms with E-state index in [9.17, 15) is 14.7 Å². The number of hydrogen-bond acceptors (Lipinski definition) is 7. The molecule has 0 atom stereocenters. The molecular weight excluding hydrogens is 438 g/mol. The van der Waals surface area contributed by atoms with E-state index in [1.165, 1.54) is 13.3 Å². The number of carboxylic acid groups (broad SMARTS) is 1. The van der Waals surface area contributed by atoms with Crippen molar-refractivity contribution in [3.8, 4) is 23.1 Å². The molecular formula is C25H23N3O6. The fourth-order valence-electron chi connectivity index (χ4n) is 3.63. The number of ether oxygens (including phenoxy) is 3. The Hall–Kier alpha value is -4.53. The van der Waals surface area contributed by atoms with E-state index >= 15 is 0 Å². The summed E-state index contributed by atoms with van der Waals surface area (Å²) in [5.41, 5.74) is 6.91. The lowest BCUT2D eigenvalue weighted by atomic mass is 10.1. The minimum Gasteiger partial charge on any atom is -0.491 e. The van der Waals surface area contributed by atoms with Crippen LogP contribution >= 0.6 is 0 Å². The van der Waals surface area contributed by atoms with Crippen LogP contribution in [0.2, 0.25) is 0 Å². The van der Waals surface area contributed by atoms with Crippen LogP contribution in [0.5, 0.6) is 17.4 Å². The van der Waals surface area contributed by atoms with Gasteiger partial charge >= 0.3 is 11.9 Å². The maximum atomic E-state index is 12.7. The van der Waals surface area contributed by atoms with Crippen LogP contribution in [-0.2, 0) is 4.74 Å². The molecule has 9 heteroatoms. The largest absolute Gasteiger partial charge is 0.491 e. The van der Waals surface area contributed by atoms with Crippen LogP contribution < -0.4 is 15.2 Å². The number of carbonyl (C=O) groups excluding carboxylic acids is 1. The Labute approximate surface area is 195 Å². The molecule has 2 aromatic heterocycles. The van der Waals surface area contributed by atoms with Crippen molar-refractivity contribution in [1.29, 1.82) is 0 Å². The fourth-order valence-corrected chi connectivity index (χ4v) is 3.63. The molecule has 0 unspecified atom stereocenters. The summed E-state index contributed by atoms with van der Waals surface area (Å²) in [6.07, 6.45) is 1.45. The Morgan fingerprint density at radius 2 is 1.74 bits per heavy atom. The van der Waals surface area contributed by atoms with Gasteiger partial charge in [0, 0.05) is 17.1 Å². The molecule has 0 saturated heterocycles. The second kappa shape index (κ2) is 9.14. The maximum absolute atomic E-state index is 12.7. The number of aromatic carboxylic acids is 1. The number of fused-ring (bicyclic) bond motifs is 1. The number of carbonyl (C=O) groups is 2. The van der Waals surface area contributed by atoms with Crippen molar-refractivity contribution >= 4 is 28.5 Å². The van der Waals surface area contributed by atoms with Gasteiger partial charge in [-0.1, -0.05) is 0 Å². The second-order valence-corrected chi connectivity index (χ2v) is 7.73. The first-order chi connectivity index (χ1) is 16.3. The van der Waals surface area contributed by atoms with Crippen LogP contribution in [0.4, 0.5) is 5.69 Å². The number of nitrogen functional groups attached to an aromatic ring is 1. The Balaban J connectivity index is 1.89. The normalized spacial score (nSPS) is 10.9. The monoisotopic (exact) mass is 461 g/mol. The fraction of sp³-hybridized carbons (Fsp3) is 0.160. The number of benzene rings is 2. The van der Waals surface area contributed by atoms with Crippen molar-refractivity contribution in [2.45, 2.75) is 20.0 Å². The molecule has 3 N–H and O–H groups in total. The van der Waals surface area contributed by atoms with E-state index in [4.69, 9.17) is 19.9 Å². The van der Waals surface area contributed by atoms with Gasteiger partial charge in [0.1, 0.15) is 22.8 Å². The standard InChI is InChI=1S/C25H23N3O6/c1-14(2)33-17-7-5-16(6-8-17)28-20-10-9-18(34-21-11-4-15(26)13-27-21)12-19(20)22(24(29)30)23(28)25(31)32-3/h4-14H,26H2,1-3H3,(H,29,30). The van der Waals surface area contributed by atoms with Crippen LogP contribution in [-0.4, -0.2) is 39.8 Å². The van der Waals surface area contributed by atoms with Crippen molar-refractivity contribution in [1.82, 2.24) is 9.55 Å². The van der Waals surface area contributed by atoms with Crippen molar-refractivity contribution in [2.24, 2.45) is 0 Å².